The molecule has 3 aromatic rings. The lowest BCUT2D eigenvalue weighted by Crippen LogP contribution is -2.20. The van der Waals surface area contributed by atoms with Crippen LogP contribution in [0.5, 0.6) is 11.5 Å². The molecule has 132 valence electrons. The zero-order chi connectivity index (χ0) is 18.4. The molecule has 0 aliphatic rings. The highest BCUT2D eigenvalue weighted by atomic mass is 35.5. The maximum absolute atomic E-state index is 12.2. The van der Waals surface area contributed by atoms with E-state index < -0.39 is 0 Å². The zero-order valence-corrected chi connectivity index (χ0v) is 14.4. The van der Waals surface area contributed by atoms with Gasteiger partial charge in [0.2, 0.25) is 0 Å². The summed E-state index contributed by atoms with van der Waals surface area (Å²) in [5.41, 5.74) is 1.25. The molecule has 6 nitrogen and oxygen atoms in total. The van der Waals surface area contributed by atoms with E-state index in [9.17, 15) is 9.90 Å². The van der Waals surface area contributed by atoms with Gasteiger partial charge in [-0.1, -0.05) is 11.6 Å². The van der Waals surface area contributed by atoms with E-state index >= 15 is 0 Å². The number of aromatic nitrogens is 1. The predicted octanol–water partition coefficient (Wildman–Crippen LogP) is 4.20. The third-order valence-corrected chi connectivity index (χ3v) is 3.65. The van der Waals surface area contributed by atoms with Crippen molar-refractivity contribution in [1.82, 2.24) is 4.98 Å². The number of carbonyl (C=O) groups excluding carboxylic acids is 1. The summed E-state index contributed by atoms with van der Waals surface area (Å²) >= 11 is 5.81. The van der Waals surface area contributed by atoms with Gasteiger partial charge in [-0.25, -0.2) is 4.98 Å². The van der Waals surface area contributed by atoms with E-state index in [1.165, 1.54) is 0 Å². The highest BCUT2D eigenvalue weighted by Crippen LogP contribution is 2.24. The number of phenols is 1. The van der Waals surface area contributed by atoms with E-state index in [1.807, 2.05) is 0 Å². The van der Waals surface area contributed by atoms with E-state index in [2.05, 4.69) is 15.6 Å². The number of hydrogen-bond donors (Lipinski definition) is 3. The van der Waals surface area contributed by atoms with E-state index in [0.29, 0.717) is 22.3 Å². The summed E-state index contributed by atoms with van der Waals surface area (Å²) < 4.78 is 5.43. The van der Waals surface area contributed by atoms with Gasteiger partial charge in [0.15, 0.2) is 12.4 Å². The fourth-order valence-electron chi connectivity index (χ4n) is 2.15. The van der Waals surface area contributed by atoms with Crippen LogP contribution in [0.1, 0.15) is 0 Å². The number of ether oxygens (including phenoxy) is 1. The Balaban J connectivity index is 1.62. The van der Waals surface area contributed by atoms with Crippen molar-refractivity contribution in [1.29, 1.82) is 0 Å². The van der Waals surface area contributed by atoms with Gasteiger partial charge >= 0.3 is 0 Å². The van der Waals surface area contributed by atoms with Gasteiger partial charge in [-0.3, -0.25) is 4.79 Å². The van der Waals surface area contributed by atoms with Crippen LogP contribution >= 0.6 is 11.6 Å². The summed E-state index contributed by atoms with van der Waals surface area (Å²) in [4.78, 5) is 16.4. The summed E-state index contributed by atoms with van der Waals surface area (Å²) in [5.74, 6) is 0.891. The van der Waals surface area contributed by atoms with Crippen LogP contribution in [-0.2, 0) is 4.79 Å². The standard InChI is InChI=1S/C19H16ClN3O3/c20-13-3-9-16(10-4-13)26-12-18(25)23-17-2-1-11-21-19(17)22-14-5-7-15(24)8-6-14/h1-11,24H,12H2,(H,21,22)(H,23,25). The van der Waals surface area contributed by atoms with Gasteiger partial charge in [-0.15, -0.1) is 0 Å². The Kier molecular flexibility index (Phi) is 5.56. The molecular formula is C19H16ClN3O3. The van der Waals surface area contributed by atoms with E-state index in [0.717, 1.165) is 5.69 Å². The van der Waals surface area contributed by atoms with Crippen LogP contribution in [0.25, 0.3) is 0 Å². The molecule has 0 aliphatic heterocycles. The first-order chi connectivity index (χ1) is 12.6. The van der Waals surface area contributed by atoms with Crippen molar-refractivity contribution in [3.8, 4) is 11.5 Å². The lowest BCUT2D eigenvalue weighted by molar-refractivity contribution is -0.118. The molecule has 0 aliphatic carbocycles. The molecule has 0 unspecified atom stereocenters. The quantitative estimate of drug-likeness (QED) is 0.567. The molecule has 0 fully saturated rings. The van der Waals surface area contributed by atoms with Gasteiger partial charge < -0.3 is 20.5 Å². The number of halogens is 1. The van der Waals surface area contributed by atoms with E-state index in [1.54, 1.807) is 66.9 Å². The van der Waals surface area contributed by atoms with Crippen LogP contribution < -0.4 is 15.4 Å². The molecule has 1 aromatic heterocycles. The number of nitrogens with zero attached hydrogens (tertiary/aromatic N) is 1. The average molecular weight is 370 g/mol. The number of pyridine rings is 1. The molecule has 0 spiro atoms. The van der Waals surface area contributed by atoms with Gasteiger partial charge in [0, 0.05) is 16.9 Å². The van der Waals surface area contributed by atoms with E-state index in [4.69, 9.17) is 16.3 Å². The minimum absolute atomic E-state index is 0.144. The Morgan fingerprint density at radius 1 is 1.08 bits per heavy atom. The van der Waals surface area contributed by atoms with Crippen molar-refractivity contribution < 1.29 is 14.6 Å². The molecule has 1 heterocycles. The van der Waals surface area contributed by atoms with Gasteiger partial charge in [-0.05, 0) is 60.7 Å². The van der Waals surface area contributed by atoms with Gasteiger partial charge in [0.1, 0.15) is 11.5 Å². The van der Waals surface area contributed by atoms with Crippen molar-refractivity contribution in [3.63, 3.8) is 0 Å². The maximum atomic E-state index is 12.2. The number of phenolic OH excluding ortho intramolecular Hbond substituents is 1. The van der Waals surface area contributed by atoms with Gasteiger partial charge in [0.25, 0.3) is 5.91 Å². The fraction of sp³-hybridized carbons (Fsp3) is 0.0526. The van der Waals surface area contributed by atoms with Crippen LogP contribution in [0.15, 0.2) is 66.9 Å². The van der Waals surface area contributed by atoms with Crippen LogP contribution in [0.2, 0.25) is 5.02 Å². The summed E-state index contributed by atoms with van der Waals surface area (Å²) in [6.45, 7) is -0.144. The number of hydrogen-bond acceptors (Lipinski definition) is 5. The number of benzene rings is 2. The molecule has 0 atom stereocenters. The lowest BCUT2D eigenvalue weighted by atomic mass is 10.3. The Morgan fingerprint density at radius 3 is 2.54 bits per heavy atom. The Morgan fingerprint density at radius 2 is 1.81 bits per heavy atom. The SMILES string of the molecule is O=C(COc1ccc(Cl)cc1)Nc1cccnc1Nc1ccc(O)cc1. The normalized spacial score (nSPS) is 10.2. The van der Waals surface area contributed by atoms with Crippen molar-refractivity contribution in [2.24, 2.45) is 0 Å². The summed E-state index contributed by atoms with van der Waals surface area (Å²) in [6.07, 6.45) is 1.61. The first kappa shape index (κ1) is 17.6. The Labute approximate surface area is 155 Å². The van der Waals surface area contributed by atoms with Crippen molar-refractivity contribution in [2.45, 2.75) is 0 Å². The van der Waals surface area contributed by atoms with Crippen LogP contribution in [0.4, 0.5) is 17.2 Å². The van der Waals surface area contributed by atoms with Crippen molar-refractivity contribution in [3.05, 3.63) is 71.9 Å². The first-order valence-corrected chi connectivity index (χ1v) is 8.17. The molecule has 3 rings (SSSR count). The molecule has 7 heteroatoms. The van der Waals surface area contributed by atoms with Crippen molar-refractivity contribution >= 4 is 34.7 Å². The summed E-state index contributed by atoms with van der Waals surface area (Å²) in [7, 11) is 0. The summed E-state index contributed by atoms with van der Waals surface area (Å²) in [5, 5.41) is 15.8. The highest BCUT2D eigenvalue weighted by molar-refractivity contribution is 6.30. The molecule has 3 N–H and O–H groups in total. The number of aromatic hydroxyl groups is 1. The molecule has 0 bridgehead atoms. The van der Waals surface area contributed by atoms with Crippen LogP contribution in [0.3, 0.4) is 0 Å². The van der Waals surface area contributed by atoms with Gasteiger partial charge in [0.05, 0.1) is 5.69 Å². The Hall–Kier alpha value is -3.25. The molecular weight excluding hydrogens is 354 g/mol. The lowest BCUT2D eigenvalue weighted by Gasteiger charge is -2.12. The predicted molar refractivity (Wildman–Crippen MR) is 101 cm³/mol. The fourth-order valence-corrected chi connectivity index (χ4v) is 2.28. The average Bonchev–Trinajstić information content (AvgIpc) is 2.65. The molecule has 0 radical (unpaired) electrons. The largest absolute Gasteiger partial charge is 0.508 e. The van der Waals surface area contributed by atoms with Crippen LogP contribution in [0, 0.1) is 0 Å². The molecule has 0 saturated carbocycles. The molecule has 1 amide bonds. The maximum Gasteiger partial charge on any atom is 0.262 e. The smallest absolute Gasteiger partial charge is 0.262 e. The minimum atomic E-state index is -0.318. The number of amides is 1. The second kappa shape index (κ2) is 8.22. The second-order valence-electron chi connectivity index (χ2n) is 5.36. The third-order valence-electron chi connectivity index (χ3n) is 3.40. The molecule has 0 saturated heterocycles. The Bertz CT molecular complexity index is 883. The first-order valence-electron chi connectivity index (χ1n) is 7.79. The molecule has 26 heavy (non-hydrogen) atoms. The monoisotopic (exact) mass is 369 g/mol. The topological polar surface area (TPSA) is 83.5 Å². The minimum Gasteiger partial charge on any atom is -0.508 e. The third kappa shape index (κ3) is 4.87. The second-order valence-corrected chi connectivity index (χ2v) is 5.80. The number of nitrogens with one attached hydrogen (secondary N) is 2. The van der Waals surface area contributed by atoms with Crippen LogP contribution in [-0.4, -0.2) is 22.6 Å². The summed E-state index contributed by atoms with van der Waals surface area (Å²) in [6, 6.07) is 16.7. The number of anilines is 3. The zero-order valence-electron chi connectivity index (χ0n) is 13.6. The van der Waals surface area contributed by atoms with Crippen molar-refractivity contribution in [2.75, 3.05) is 17.2 Å². The highest BCUT2D eigenvalue weighted by Gasteiger charge is 2.09. The van der Waals surface area contributed by atoms with Gasteiger partial charge in [-0.2, -0.15) is 0 Å². The number of rotatable bonds is 6. The number of carbonyl (C=O) groups is 1. The molecule has 2 aromatic carbocycles. The van der Waals surface area contributed by atoms with E-state index in [-0.39, 0.29) is 18.3 Å².